The topological polar surface area (TPSA) is 43.4 Å². The first-order valence-electron chi connectivity index (χ1n) is 7.43. The molecule has 1 fully saturated rings. The van der Waals surface area contributed by atoms with Gasteiger partial charge in [0.15, 0.2) is 0 Å². The summed E-state index contributed by atoms with van der Waals surface area (Å²) in [4.78, 5) is 0. The van der Waals surface area contributed by atoms with Crippen LogP contribution in [-0.2, 0) is 13.8 Å². The van der Waals surface area contributed by atoms with Gasteiger partial charge in [-0.15, -0.1) is 0 Å². The van der Waals surface area contributed by atoms with Crippen LogP contribution in [0.2, 0.25) is 0 Å². The van der Waals surface area contributed by atoms with Crippen LogP contribution in [0, 0.1) is 16.7 Å². The van der Waals surface area contributed by atoms with Gasteiger partial charge in [-0.25, -0.2) is 8.42 Å². The average molecular weight is 325 g/mol. The summed E-state index contributed by atoms with van der Waals surface area (Å²) >= 11 is 0. The third kappa shape index (κ3) is 6.77. The summed E-state index contributed by atoms with van der Waals surface area (Å²) in [6.07, 6.45) is 4.75. The fraction of sp³-hybridized carbons (Fsp3) is 1.00. The summed E-state index contributed by atoms with van der Waals surface area (Å²) < 4.78 is 28.7. The number of halogens is 1. The Hall–Kier alpha value is 0.200. The molecule has 0 N–H and O–H groups in total. The molecule has 0 aromatic rings. The van der Waals surface area contributed by atoms with Gasteiger partial charge in [0.2, 0.25) is 9.05 Å². The fourth-order valence-electron chi connectivity index (χ4n) is 2.58. The van der Waals surface area contributed by atoms with Crippen molar-refractivity contribution >= 4 is 19.7 Å². The molecular weight excluding hydrogens is 296 g/mol. The van der Waals surface area contributed by atoms with Crippen molar-refractivity contribution in [2.45, 2.75) is 66.4 Å². The zero-order chi connectivity index (χ0) is 15.6. The number of hydrogen-bond donors (Lipinski definition) is 0. The SMILES string of the molecule is CC1(C)CCC(OCC(CS(=O)(=O)Cl)C(C)(C)C)CC1. The smallest absolute Gasteiger partial charge is 0.232 e. The van der Waals surface area contributed by atoms with Gasteiger partial charge in [-0.1, -0.05) is 34.6 Å². The minimum Gasteiger partial charge on any atom is -0.378 e. The molecule has 0 radical (unpaired) electrons. The van der Waals surface area contributed by atoms with Gasteiger partial charge >= 0.3 is 0 Å². The molecular formula is C15H29ClO3S. The molecule has 0 spiro atoms. The summed E-state index contributed by atoms with van der Waals surface area (Å²) in [5.74, 6) is -0.0871. The molecule has 120 valence electrons. The minimum atomic E-state index is -3.49. The van der Waals surface area contributed by atoms with Gasteiger partial charge in [-0.05, 0) is 36.5 Å². The lowest BCUT2D eigenvalue weighted by atomic mass is 9.76. The van der Waals surface area contributed by atoms with Crippen LogP contribution in [0.15, 0.2) is 0 Å². The average Bonchev–Trinajstić information content (AvgIpc) is 2.22. The lowest BCUT2D eigenvalue weighted by Gasteiger charge is -2.36. The van der Waals surface area contributed by atoms with Gasteiger partial charge in [0.25, 0.3) is 0 Å². The van der Waals surface area contributed by atoms with Gasteiger partial charge in [0.05, 0.1) is 18.5 Å². The van der Waals surface area contributed by atoms with Gasteiger partial charge in [-0.3, -0.25) is 0 Å². The molecule has 1 rings (SSSR count). The standard InChI is InChI=1S/C15H29ClO3S/c1-14(2,3)12(11-20(16,17)18)10-19-13-6-8-15(4,5)9-7-13/h12-13H,6-11H2,1-5H3. The normalized spacial score (nSPS) is 22.7. The van der Waals surface area contributed by atoms with Crippen molar-refractivity contribution in [3.63, 3.8) is 0 Å². The first kappa shape index (κ1) is 18.2. The first-order chi connectivity index (χ1) is 8.89. The third-order valence-electron chi connectivity index (χ3n) is 4.44. The van der Waals surface area contributed by atoms with E-state index in [0.717, 1.165) is 12.8 Å². The van der Waals surface area contributed by atoms with Crippen LogP contribution in [-0.4, -0.2) is 26.9 Å². The largest absolute Gasteiger partial charge is 0.378 e. The van der Waals surface area contributed by atoms with Crippen molar-refractivity contribution < 1.29 is 13.2 Å². The molecule has 0 aromatic carbocycles. The number of ether oxygens (including phenoxy) is 1. The van der Waals surface area contributed by atoms with E-state index >= 15 is 0 Å². The summed E-state index contributed by atoms with van der Waals surface area (Å²) in [6, 6.07) is 0. The molecule has 0 saturated heterocycles. The molecule has 1 unspecified atom stereocenters. The minimum absolute atomic E-state index is 0.0176. The molecule has 0 heterocycles. The van der Waals surface area contributed by atoms with E-state index in [1.165, 1.54) is 12.8 Å². The zero-order valence-corrected chi connectivity index (χ0v) is 15.0. The van der Waals surface area contributed by atoms with E-state index in [0.29, 0.717) is 12.0 Å². The molecule has 0 aliphatic heterocycles. The highest BCUT2D eigenvalue weighted by molar-refractivity contribution is 8.13. The number of rotatable bonds is 5. The molecule has 3 nitrogen and oxygen atoms in total. The van der Waals surface area contributed by atoms with E-state index in [9.17, 15) is 8.42 Å². The highest BCUT2D eigenvalue weighted by Crippen LogP contribution is 2.37. The Morgan fingerprint density at radius 2 is 1.75 bits per heavy atom. The highest BCUT2D eigenvalue weighted by Gasteiger charge is 2.32. The summed E-state index contributed by atoms with van der Waals surface area (Å²) in [7, 11) is 1.92. The molecule has 1 saturated carbocycles. The van der Waals surface area contributed by atoms with Crippen molar-refractivity contribution in [3.05, 3.63) is 0 Å². The Labute approximate surface area is 128 Å². The molecule has 0 amide bonds. The molecule has 1 aliphatic carbocycles. The van der Waals surface area contributed by atoms with E-state index in [1.807, 2.05) is 20.8 Å². The molecule has 0 bridgehead atoms. The Balaban J connectivity index is 2.51. The van der Waals surface area contributed by atoms with Crippen molar-refractivity contribution in [1.82, 2.24) is 0 Å². The van der Waals surface area contributed by atoms with E-state index in [2.05, 4.69) is 13.8 Å². The zero-order valence-electron chi connectivity index (χ0n) is 13.4. The predicted octanol–water partition coefficient (Wildman–Crippen LogP) is 4.20. The van der Waals surface area contributed by atoms with Crippen molar-refractivity contribution in [3.8, 4) is 0 Å². The maximum Gasteiger partial charge on any atom is 0.232 e. The predicted molar refractivity (Wildman–Crippen MR) is 84.6 cm³/mol. The number of hydrogen-bond acceptors (Lipinski definition) is 3. The van der Waals surface area contributed by atoms with Gasteiger partial charge in [0.1, 0.15) is 0 Å². The molecule has 5 heteroatoms. The van der Waals surface area contributed by atoms with E-state index in [-0.39, 0.29) is 23.2 Å². The second kappa shape index (κ2) is 6.53. The Morgan fingerprint density at radius 3 is 2.15 bits per heavy atom. The Kier molecular flexibility index (Phi) is 5.96. The van der Waals surface area contributed by atoms with Gasteiger partial charge in [-0.2, -0.15) is 0 Å². The van der Waals surface area contributed by atoms with Crippen LogP contribution in [0.4, 0.5) is 0 Å². The lowest BCUT2D eigenvalue weighted by Crippen LogP contribution is -2.34. The Bertz CT molecular complexity index is 399. The molecule has 0 aromatic heterocycles. The molecule has 1 aliphatic rings. The van der Waals surface area contributed by atoms with E-state index in [1.54, 1.807) is 0 Å². The van der Waals surface area contributed by atoms with Crippen LogP contribution in [0.3, 0.4) is 0 Å². The third-order valence-corrected chi connectivity index (χ3v) is 5.62. The van der Waals surface area contributed by atoms with Crippen LogP contribution in [0.5, 0.6) is 0 Å². The molecule has 20 heavy (non-hydrogen) atoms. The highest BCUT2D eigenvalue weighted by atomic mass is 35.7. The quantitative estimate of drug-likeness (QED) is 0.712. The van der Waals surface area contributed by atoms with Crippen LogP contribution < -0.4 is 0 Å². The fourth-order valence-corrected chi connectivity index (χ4v) is 4.11. The van der Waals surface area contributed by atoms with Crippen LogP contribution in [0.25, 0.3) is 0 Å². The van der Waals surface area contributed by atoms with Crippen LogP contribution in [0.1, 0.15) is 60.3 Å². The van der Waals surface area contributed by atoms with Gasteiger partial charge < -0.3 is 4.74 Å². The van der Waals surface area contributed by atoms with Crippen molar-refractivity contribution in [2.24, 2.45) is 16.7 Å². The van der Waals surface area contributed by atoms with Crippen molar-refractivity contribution in [2.75, 3.05) is 12.4 Å². The summed E-state index contributed by atoms with van der Waals surface area (Å²) in [5, 5.41) is 0. The van der Waals surface area contributed by atoms with E-state index in [4.69, 9.17) is 15.4 Å². The maximum absolute atomic E-state index is 11.3. The van der Waals surface area contributed by atoms with Gasteiger partial charge in [0, 0.05) is 16.6 Å². The second-order valence-electron chi connectivity index (χ2n) is 7.97. The monoisotopic (exact) mass is 324 g/mol. The summed E-state index contributed by atoms with van der Waals surface area (Å²) in [5.41, 5.74) is 0.290. The van der Waals surface area contributed by atoms with Crippen molar-refractivity contribution in [1.29, 1.82) is 0 Å². The first-order valence-corrected chi connectivity index (χ1v) is 9.91. The molecule has 1 atom stereocenters. The Morgan fingerprint density at radius 1 is 1.25 bits per heavy atom. The summed E-state index contributed by atoms with van der Waals surface area (Å²) in [6.45, 7) is 11.2. The second-order valence-corrected chi connectivity index (χ2v) is 10.8. The van der Waals surface area contributed by atoms with Crippen LogP contribution >= 0.6 is 10.7 Å². The maximum atomic E-state index is 11.3. The lowest BCUT2D eigenvalue weighted by molar-refractivity contribution is -0.0253. The van der Waals surface area contributed by atoms with E-state index < -0.39 is 9.05 Å².